The maximum Gasteiger partial charge on any atom is 0.219 e. The molecule has 2 N–H and O–H groups in total. The first kappa shape index (κ1) is 16.4. The second-order valence-corrected chi connectivity index (χ2v) is 4.57. The van der Waals surface area contributed by atoms with Crippen molar-refractivity contribution in [3.05, 3.63) is 0 Å². The van der Waals surface area contributed by atoms with Crippen molar-refractivity contribution in [1.82, 2.24) is 10.6 Å². The minimum absolute atomic E-state index is 0.228. The summed E-state index contributed by atoms with van der Waals surface area (Å²) in [6, 6.07) is 0. The summed E-state index contributed by atoms with van der Waals surface area (Å²) >= 11 is 0. The van der Waals surface area contributed by atoms with E-state index in [0.717, 1.165) is 38.9 Å². The fourth-order valence-corrected chi connectivity index (χ4v) is 1.74. The molecule has 0 bridgehead atoms. The molecule has 0 aromatic heterocycles. The van der Waals surface area contributed by atoms with Crippen molar-refractivity contribution >= 4 is 5.91 Å². The summed E-state index contributed by atoms with van der Waals surface area (Å²) in [4.78, 5) is 11.4. The number of unbranched alkanes of at least 4 members (excludes halogenated alkanes) is 5. The lowest BCUT2D eigenvalue weighted by molar-refractivity contribution is -0.121. The lowest BCUT2D eigenvalue weighted by atomic mass is 10.1. The van der Waals surface area contributed by atoms with Crippen molar-refractivity contribution < 1.29 is 4.79 Å². The van der Waals surface area contributed by atoms with E-state index in [-0.39, 0.29) is 5.91 Å². The van der Waals surface area contributed by atoms with E-state index in [1.165, 1.54) is 25.7 Å². The first-order chi connectivity index (χ1) is 8.31. The zero-order valence-electron chi connectivity index (χ0n) is 11.7. The molecule has 3 nitrogen and oxygen atoms in total. The van der Waals surface area contributed by atoms with Gasteiger partial charge < -0.3 is 10.6 Å². The van der Waals surface area contributed by atoms with E-state index in [1.54, 1.807) is 0 Å². The molecule has 17 heavy (non-hydrogen) atoms. The summed E-state index contributed by atoms with van der Waals surface area (Å²) < 4.78 is 0. The normalized spacial score (nSPS) is 10.5. The highest BCUT2D eigenvalue weighted by Crippen LogP contribution is 2.04. The third-order valence-electron chi connectivity index (χ3n) is 2.86. The molecule has 1 amide bonds. The summed E-state index contributed by atoms with van der Waals surface area (Å²) in [6.45, 7) is 7.32. The first-order valence-corrected chi connectivity index (χ1v) is 7.28. The molecule has 0 aromatic carbocycles. The molecule has 102 valence electrons. The zero-order chi connectivity index (χ0) is 12.8. The molecular weight excluding hydrogens is 212 g/mol. The number of nitrogens with one attached hydrogen (secondary N) is 2. The minimum atomic E-state index is 0.228. The summed E-state index contributed by atoms with van der Waals surface area (Å²) in [5, 5.41) is 6.28. The van der Waals surface area contributed by atoms with Crippen LogP contribution in [0.15, 0.2) is 0 Å². The van der Waals surface area contributed by atoms with Gasteiger partial charge in [0.15, 0.2) is 0 Å². The Morgan fingerprint density at radius 1 is 0.882 bits per heavy atom. The van der Waals surface area contributed by atoms with Crippen molar-refractivity contribution in [2.75, 3.05) is 19.6 Å². The molecule has 0 aliphatic heterocycles. The molecule has 0 spiro atoms. The molecule has 0 fully saturated rings. The quantitative estimate of drug-likeness (QED) is 0.517. The predicted octanol–water partition coefficient (Wildman–Crippen LogP) is 2.85. The Kier molecular flexibility index (Phi) is 13.0. The number of amides is 1. The fraction of sp³-hybridized carbons (Fsp3) is 0.929. The lowest BCUT2D eigenvalue weighted by Gasteiger charge is -2.04. The van der Waals surface area contributed by atoms with Crippen molar-refractivity contribution in [3.8, 4) is 0 Å². The molecular formula is C14H30N2O. The van der Waals surface area contributed by atoms with Crippen molar-refractivity contribution in [3.63, 3.8) is 0 Å². The molecule has 0 aliphatic carbocycles. The smallest absolute Gasteiger partial charge is 0.219 e. The highest BCUT2D eigenvalue weighted by atomic mass is 16.1. The third kappa shape index (κ3) is 13.4. The van der Waals surface area contributed by atoms with Crippen LogP contribution in [0.4, 0.5) is 0 Å². The van der Waals surface area contributed by atoms with Gasteiger partial charge in [-0.05, 0) is 32.4 Å². The van der Waals surface area contributed by atoms with E-state index in [9.17, 15) is 4.79 Å². The van der Waals surface area contributed by atoms with Gasteiger partial charge in [0, 0.05) is 13.0 Å². The molecule has 0 radical (unpaired) electrons. The van der Waals surface area contributed by atoms with Crippen LogP contribution in [-0.2, 0) is 4.79 Å². The number of hydrogen-bond acceptors (Lipinski definition) is 2. The van der Waals surface area contributed by atoms with Gasteiger partial charge in [-0.2, -0.15) is 0 Å². The molecule has 0 aliphatic rings. The van der Waals surface area contributed by atoms with Gasteiger partial charge in [-0.3, -0.25) is 4.79 Å². The topological polar surface area (TPSA) is 41.1 Å². The highest BCUT2D eigenvalue weighted by Gasteiger charge is 1.99. The van der Waals surface area contributed by atoms with Crippen molar-refractivity contribution in [1.29, 1.82) is 0 Å². The number of carbonyl (C=O) groups is 1. The van der Waals surface area contributed by atoms with Gasteiger partial charge >= 0.3 is 0 Å². The number of rotatable bonds is 12. The van der Waals surface area contributed by atoms with Gasteiger partial charge in [0.25, 0.3) is 0 Å². The van der Waals surface area contributed by atoms with Gasteiger partial charge in [-0.15, -0.1) is 0 Å². The van der Waals surface area contributed by atoms with Crippen LogP contribution >= 0.6 is 0 Å². The molecule has 0 rings (SSSR count). The number of carbonyl (C=O) groups excluding carboxylic acids is 1. The average Bonchev–Trinajstić information content (AvgIpc) is 2.33. The van der Waals surface area contributed by atoms with E-state index in [4.69, 9.17) is 0 Å². The molecule has 3 heteroatoms. The maximum atomic E-state index is 11.4. The maximum absolute atomic E-state index is 11.4. The molecule has 0 heterocycles. The fourth-order valence-electron chi connectivity index (χ4n) is 1.74. The Morgan fingerprint density at radius 2 is 1.59 bits per heavy atom. The molecule has 0 unspecified atom stereocenters. The van der Waals surface area contributed by atoms with Gasteiger partial charge in [0.05, 0.1) is 0 Å². The first-order valence-electron chi connectivity index (χ1n) is 7.28. The Labute approximate surface area is 107 Å². The van der Waals surface area contributed by atoms with Gasteiger partial charge in [0.1, 0.15) is 0 Å². The van der Waals surface area contributed by atoms with Crippen LogP contribution in [0.1, 0.15) is 65.2 Å². The summed E-state index contributed by atoms with van der Waals surface area (Å²) in [5.41, 5.74) is 0. The Bertz CT molecular complexity index is 172. The zero-order valence-corrected chi connectivity index (χ0v) is 11.7. The van der Waals surface area contributed by atoms with Crippen LogP contribution < -0.4 is 10.6 Å². The van der Waals surface area contributed by atoms with E-state index in [0.29, 0.717) is 6.42 Å². The van der Waals surface area contributed by atoms with Crippen LogP contribution in [0, 0.1) is 0 Å². The molecule has 0 atom stereocenters. The summed E-state index contributed by atoms with van der Waals surface area (Å²) in [5.74, 6) is 0.228. The third-order valence-corrected chi connectivity index (χ3v) is 2.86. The molecule has 0 aromatic rings. The Hall–Kier alpha value is -0.570. The highest BCUT2D eigenvalue weighted by molar-refractivity contribution is 5.75. The van der Waals surface area contributed by atoms with E-state index >= 15 is 0 Å². The van der Waals surface area contributed by atoms with Crippen LogP contribution in [0.3, 0.4) is 0 Å². The van der Waals surface area contributed by atoms with Gasteiger partial charge in [-0.1, -0.05) is 39.5 Å². The Balaban J connectivity index is 3.08. The van der Waals surface area contributed by atoms with E-state index < -0.39 is 0 Å². The predicted molar refractivity (Wildman–Crippen MR) is 74.2 cm³/mol. The van der Waals surface area contributed by atoms with E-state index in [1.807, 2.05) is 0 Å². The Morgan fingerprint density at radius 3 is 2.29 bits per heavy atom. The second kappa shape index (κ2) is 13.5. The SMILES string of the molecule is CCCCNC(=O)CCCCCCCNCC. The second-order valence-electron chi connectivity index (χ2n) is 4.57. The largest absolute Gasteiger partial charge is 0.356 e. The monoisotopic (exact) mass is 242 g/mol. The molecule has 0 saturated carbocycles. The molecule has 0 saturated heterocycles. The van der Waals surface area contributed by atoms with Crippen LogP contribution in [0.5, 0.6) is 0 Å². The summed E-state index contributed by atoms with van der Waals surface area (Å²) in [6.07, 6.45) is 8.97. The summed E-state index contributed by atoms with van der Waals surface area (Å²) in [7, 11) is 0. The van der Waals surface area contributed by atoms with E-state index in [2.05, 4.69) is 24.5 Å². The lowest BCUT2D eigenvalue weighted by Crippen LogP contribution is -2.23. The van der Waals surface area contributed by atoms with Gasteiger partial charge in [-0.25, -0.2) is 0 Å². The average molecular weight is 242 g/mol. The van der Waals surface area contributed by atoms with Crippen LogP contribution in [-0.4, -0.2) is 25.5 Å². The van der Waals surface area contributed by atoms with Crippen molar-refractivity contribution in [2.24, 2.45) is 0 Å². The van der Waals surface area contributed by atoms with Crippen LogP contribution in [0.2, 0.25) is 0 Å². The number of hydrogen-bond donors (Lipinski definition) is 2. The minimum Gasteiger partial charge on any atom is -0.356 e. The van der Waals surface area contributed by atoms with Gasteiger partial charge in [0.2, 0.25) is 5.91 Å². The van der Waals surface area contributed by atoms with Crippen molar-refractivity contribution in [2.45, 2.75) is 65.2 Å². The standard InChI is InChI=1S/C14H30N2O/c1-3-5-13-16-14(17)11-9-7-6-8-10-12-15-4-2/h15H,3-13H2,1-2H3,(H,16,17). The van der Waals surface area contributed by atoms with Crippen LogP contribution in [0.25, 0.3) is 0 Å².